The normalized spacial score (nSPS) is 11.6. The van der Waals surface area contributed by atoms with Crippen molar-refractivity contribution >= 4 is 27.5 Å². The van der Waals surface area contributed by atoms with Gasteiger partial charge in [-0.05, 0) is 31.5 Å². The van der Waals surface area contributed by atoms with E-state index < -0.39 is 0 Å². The van der Waals surface area contributed by atoms with Crippen LogP contribution < -0.4 is 4.74 Å². The van der Waals surface area contributed by atoms with Crippen LogP contribution in [0.25, 0.3) is 0 Å². The first-order chi connectivity index (χ1) is 7.98. The highest BCUT2D eigenvalue weighted by Gasteiger charge is 2.16. The topological polar surface area (TPSA) is 18.5 Å². The maximum atomic E-state index is 6.11. The minimum atomic E-state index is -0.164. The number of ether oxygens (including phenoxy) is 2. The molecule has 0 heterocycles. The van der Waals surface area contributed by atoms with Crippen LogP contribution in [-0.2, 0) is 10.1 Å². The molecule has 1 rings (SSSR count). The fraction of sp³-hybridized carbons (Fsp3) is 0.538. The Bertz CT molecular complexity index is 366. The molecular formula is C13H18BrClO2. The molecule has 0 bridgehead atoms. The fourth-order valence-corrected chi connectivity index (χ4v) is 1.86. The van der Waals surface area contributed by atoms with Gasteiger partial charge in [0, 0.05) is 18.9 Å². The minimum absolute atomic E-state index is 0.164. The molecule has 0 aliphatic heterocycles. The predicted octanol–water partition coefficient (Wildman–Crippen LogP) is 4.43. The monoisotopic (exact) mass is 320 g/mol. The molecular weight excluding hydrogens is 303 g/mol. The average molecular weight is 322 g/mol. The van der Waals surface area contributed by atoms with E-state index in [-0.39, 0.29) is 5.60 Å². The molecule has 2 nitrogen and oxygen atoms in total. The molecule has 0 atom stereocenters. The standard InChI is InChI=1S/C13H18BrClO2/c1-13(2,16-3)6-7-17-12-5-4-10(9-14)8-11(12)15/h4-5,8H,6-7,9H2,1-3H3. The Labute approximate surface area is 116 Å². The number of benzene rings is 1. The van der Waals surface area contributed by atoms with Gasteiger partial charge in [-0.25, -0.2) is 0 Å². The van der Waals surface area contributed by atoms with Crippen molar-refractivity contribution in [3.8, 4) is 5.75 Å². The van der Waals surface area contributed by atoms with Crippen molar-refractivity contribution in [3.63, 3.8) is 0 Å². The zero-order valence-electron chi connectivity index (χ0n) is 10.4. The summed E-state index contributed by atoms with van der Waals surface area (Å²) in [5.41, 5.74) is 0.974. The van der Waals surface area contributed by atoms with Crippen LogP contribution in [0.15, 0.2) is 18.2 Å². The van der Waals surface area contributed by atoms with Crippen LogP contribution in [0, 0.1) is 0 Å². The van der Waals surface area contributed by atoms with Crippen molar-refractivity contribution in [1.29, 1.82) is 0 Å². The Hall–Kier alpha value is -0.250. The van der Waals surface area contributed by atoms with Gasteiger partial charge in [-0.2, -0.15) is 0 Å². The Morgan fingerprint density at radius 3 is 2.59 bits per heavy atom. The maximum absolute atomic E-state index is 6.11. The van der Waals surface area contributed by atoms with E-state index in [2.05, 4.69) is 15.9 Å². The Morgan fingerprint density at radius 2 is 2.06 bits per heavy atom. The van der Waals surface area contributed by atoms with E-state index in [1.807, 2.05) is 32.0 Å². The highest BCUT2D eigenvalue weighted by molar-refractivity contribution is 9.08. The summed E-state index contributed by atoms with van der Waals surface area (Å²) in [6, 6.07) is 5.81. The highest BCUT2D eigenvalue weighted by atomic mass is 79.9. The first-order valence-electron chi connectivity index (χ1n) is 5.51. The van der Waals surface area contributed by atoms with Gasteiger partial charge in [0.2, 0.25) is 0 Å². The van der Waals surface area contributed by atoms with Crippen molar-refractivity contribution in [2.24, 2.45) is 0 Å². The van der Waals surface area contributed by atoms with Gasteiger partial charge in [0.15, 0.2) is 0 Å². The zero-order chi connectivity index (χ0) is 12.9. The molecule has 0 saturated heterocycles. The van der Waals surface area contributed by atoms with Gasteiger partial charge >= 0.3 is 0 Å². The van der Waals surface area contributed by atoms with Crippen molar-refractivity contribution in [2.75, 3.05) is 13.7 Å². The molecule has 0 aromatic heterocycles. The Morgan fingerprint density at radius 1 is 1.35 bits per heavy atom. The summed E-state index contributed by atoms with van der Waals surface area (Å²) in [5.74, 6) is 0.725. The first kappa shape index (κ1) is 14.8. The summed E-state index contributed by atoms with van der Waals surface area (Å²) >= 11 is 9.50. The van der Waals surface area contributed by atoms with Gasteiger partial charge in [-0.1, -0.05) is 33.6 Å². The van der Waals surface area contributed by atoms with Gasteiger partial charge in [0.05, 0.1) is 17.2 Å². The van der Waals surface area contributed by atoms with Crippen LogP contribution in [0.5, 0.6) is 5.75 Å². The average Bonchev–Trinajstić information content (AvgIpc) is 2.31. The first-order valence-corrected chi connectivity index (χ1v) is 7.01. The number of hydrogen-bond donors (Lipinski definition) is 0. The lowest BCUT2D eigenvalue weighted by Gasteiger charge is -2.22. The molecule has 17 heavy (non-hydrogen) atoms. The van der Waals surface area contributed by atoms with Crippen molar-refractivity contribution < 1.29 is 9.47 Å². The third-order valence-corrected chi connectivity index (χ3v) is 3.61. The Balaban J connectivity index is 2.52. The van der Waals surface area contributed by atoms with Gasteiger partial charge in [-0.15, -0.1) is 0 Å². The second kappa shape index (κ2) is 6.62. The molecule has 0 saturated carbocycles. The lowest BCUT2D eigenvalue weighted by Crippen LogP contribution is -2.25. The number of hydrogen-bond acceptors (Lipinski definition) is 2. The Kier molecular flexibility index (Phi) is 5.77. The molecule has 1 aromatic carbocycles. The zero-order valence-corrected chi connectivity index (χ0v) is 12.8. The number of alkyl halides is 1. The lowest BCUT2D eigenvalue weighted by molar-refractivity contribution is 0.00546. The summed E-state index contributed by atoms with van der Waals surface area (Å²) in [5, 5.41) is 1.45. The van der Waals surface area contributed by atoms with E-state index in [0.29, 0.717) is 11.6 Å². The molecule has 0 N–H and O–H groups in total. The molecule has 1 aromatic rings. The molecule has 0 spiro atoms. The molecule has 96 valence electrons. The number of halogens is 2. The van der Waals surface area contributed by atoms with Crippen LogP contribution in [0.3, 0.4) is 0 Å². The third kappa shape index (κ3) is 4.86. The minimum Gasteiger partial charge on any atom is -0.492 e. The van der Waals surface area contributed by atoms with Gasteiger partial charge in [0.25, 0.3) is 0 Å². The smallest absolute Gasteiger partial charge is 0.137 e. The molecule has 0 fully saturated rings. The summed E-state index contributed by atoms with van der Waals surface area (Å²) in [6.45, 7) is 4.66. The summed E-state index contributed by atoms with van der Waals surface area (Å²) < 4.78 is 11.0. The van der Waals surface area contributed by atoms with Crippen LogP contribution in [0.1, 0.15) is 25.8 Å². The van der Waals surface area contributed by atoms with E-state index in [4.69, 9.17) is 21.1 Å². The molecule has 0 aliphatic carbocycles. The molecule has 0 unspecified atom stereocenters. The molecule has 4 heteroatoms. The van der Waals surface area contributed by atoms with E-state index >= 15 is 0 Å². The van der Waals surface area contributed by atoms with Crippen molar-refractivity contribution in [1.82, 2.24) is 0 Å². The van der Waals surface area contributed by atoms with E-state index in [9.17, 15) is 0 Å². The second-order valence-electron chi connectivity index (χ2n) is 4.46. The van der Waals surface area contributed by atoms with E-state index in [1.54, 1.807) is 7.11 Å². The van der Waals surface area contributed by atoms with Crippen molar-refractivity contribution in [2.45, 2.75) is 31.2 Å². The third-order valence-electron chi connectivity index (χ3n) is 2.66. The SMILES string of the molecule is COC(C)(C)CCOc1ccc(CBr)cc1Cl. The maximum Gasteiger partial charge on any atom is 0.137 e. The van der Waals surface area contributed by atoms with Crippen LogP contribution in [0.4, 0.5) is 0 Å². The highest BCUT2D eigenvalue weighted by Crippen LogP contribution is 2.27. The lowest BCUT2D eigenvalue weighted by atomic mass is 10.1. The van der Waals surface area contributed by atoms with Crippen molar-refractivity contribution in [3.05, 3.63) is 28.8 Å². The van der Waals surface area contributed by atoms with Crippen LogP contribution >= 0.6 is 27.5 Å². The van der Waals surface area contributed by atoms with Crippen LogP contribution in [0.2, 0.25) is 5.02 Å². The van der Waals surface area contributed by atoms with Gasteiger partial charge < -0.3 is 9.47 Å². The fourth-order valence-electron chi connectivity index (χ4n) is 1.25. The largest absolute Gasteiger partial charge is 0.492 e. The van der Waals surface area contributed by atoms with E-state index in [0.717, 1.165) is 23.1 Å². The summed E-state index contributed by atoms with van der Waals surface area (Å²) in [6.07, 6.45) is 0.819. The summed E-state index contributed by atoms with van der Waals surface area (Å²) in [7, 11) is 1.71. The molecule has 0 radical (unpaired) electrons. The molecule has 0 aliphatic rings. The second-order valence-corrected chi connectivity index (χ2v) is 5.43. The van der Waals surface area contributed by atoms with Crippen LogP contribution in [-0.4, -0.2) is 19.3 Å². The summed E-state index contributed by atoms with van der Waals surface area (Å²) in [4.78, 5) is 0. The molecule has 0 amide bonds. The quantitative estimate of drug-likeness (QED) is 0.722. The number of methoxy groups -OCH3 is 1. The predicted molar refractivity (Wildman–Crippen MR) is 75.3 cm³/mol. The number of rotatable bonds is 6. The van der Waals surface area contributed by atoms with Gasteiger partial charge in [0.1, 0.15) is 5.75 Å². The van der Waals surface area contributed by atoms with Gasteiger partial charge in [-0.3, -0.25) is 0 Å². The van der Waals surface area contributed by atoms with E-state index in [1.165, 1.54) is 0 Å².